The van der Waals surface area contributed by atoms with E-state index in [2.05, 4.69) is 29.6 Å². The Balaban J connectivity index is 1.72. The Labute approximate surface area is 127 Å². The van der Waals surface area contributed by atoms with E-state index in [1.807, 2.05) is 6.92 Å². The molecule has 1 aliphatic carbocycles. The second-order valence-electron chi connectivity index (χ2n) is 5.36. The molecule has 5 heteroatoms. The van der Waals surface area contributed by atoms with Crippen molar-refractivity contribution < 1.29 is 4.92 Å². The van der Waals surface area contributed by atoms with Crippen LogP contribution in [-0.4, -0.2) is 11.5 Å². The molecule has 0 aromatic heterocycles. The second kappa shape index (κ2) is 5.37. The van der Waals surface area contributed by atoms with Crippen LogP contribution in [0, 0.1) is 17.0 Å². The lowest BCUT2D eigenvalue weighted by Crippen LogP contribution is -2.24. The van der Waals surface area contributed by atoms with Crippen molar-refractivity contribution in [3.8, 4) is 0 Å². The maximum Gasteiger partial charge on any atom is 0.288 e. The molecule has 2 aromatic rings. The van der Waals surface area contributed by atoms with Gasteiger partial charge in [0.2, 0.25) is 0 Å². The van der Waals surface area contributed by atoms with Crippen LogP contribution in [-0.2, 0) is 6.42 Å². The summed E-state index contributed by atoms with van der Waals surface area (Å²) in [7, 11) is 0. The number of halogens is 1. The fourth-order valence-electron chi connectivity index (χ4n) is 2.77. The molecule has 2 aromatic carbocycles. The summed E-state index contributed by atoms with van der Waals surface area (Å²) in [5.74, 6) is 0.495. The summed E-state index contributed by atoms with van der Waals surface area (Å²) in [6.45, 7) is 2.66. The van der Waals surface area contributed by atoms with Crippen LogP contribution in [0.4, 0.5) is 11.4 Å². The van der Waals surface area contributed by atoms with Gasteiger partial charge >= 0.3 is 0 Å². The molecule has 4 nitrogen and oxygen atoms in total. The van der Waals surface area contributed by atoms with Crippen LogP contribution in [0.2, 0.25) is 5.02 Å². The average molecular weight is 303 g/mol. The Morgan fingerprint density at radius 2 is 2.14 bits per heavy atom. The molecular formula is C16H15ClN2O2. The molecule has 0 aliphatic heterocycles. The van der Waals surface area contributed by atoms with Crippen LogP contribution in [0.1, 0.15) is 22.6 Å². The van der Waals surface area contributed by atoms with E-state index in [-0.39, 0.29) is 10.7 Å². The highest BCUT2D eigenvalue weighted by molar-refractivity contribution is 6.33. The Bertz CT molecular complexity index is 715. The topological polar surface area (TPSA) is 55.2 Å². The maximum atomic E-state index is 10.8. The molecule has 108 valence electrons. The summed E-state index contributed by atoms with van der Waals surface area (Å²) >= 11 is 5.96. The highest BCUT2D eigenvalue weighted by Gasteiger charge is 2.25. The van der Waals surface area contributed by atoms with Crippen molar-refractivity contribution in [1.29, 1.82) is 0 Å². The highest BCUT2D eigenvalue weighted by atomic mass is 35.5. The van der Waals surface area contributed by atoms with Gasteiger partial charge in [-0.05, 0) is 36.1 Å². The van der Waals surface area contributed by atoms with E-state index >= 15 is 0 Å². The maximum absolute atomic E-state index is 10.8. The SMILES string of the molecule is Cc1cc([N+](=O)[O-])c(Cl)cc1NCC1Cc2ccccc21. The molecule has 1 N–H and O–H groups in total. The van der Waals surface area contributed by atoms with Crippen LogP contribution in [0.3, 0.4) is 0 Å². The summed E-state index contributed by atoms with van der Waals surface area (Å²) in [6.07, 6.45) is 1.07. The zero-order chi connectivity index (χ0) is 15.0. The smallest absolute Gasteiger partial charge is 0.288 e. The number of nitro groups is 1. The molecule has 0 fully saturated rings. The Morgan fingerprint density at radius 3 is 2.86 bits per heavy atom. The number of anilines is 1. The van der Waals surface area contributed by atoms with Gasteiger partial charge in [0, 0.05) is 24.2 Å². The van der Waals surface area contributed by atoms with Crippen LogP contribution >= 0.6 is 11.6 Å². The predicted octanol–water partition coefficient (Wildman–Crippen LogP) is 4.31. The Hall–Kier alpha value is -2.07. The first-order valence-electron chi connectivity index (χ1n) is 6.82. The number of nitro benzene ring substituents is 1. The number of nitrogens with one attached hydrogen (secondary N) is 1. The molecule has 3 rings (SSSR count). The Morgan fingerprint density at radius 1 is 1.38 bits per heavy atom. The van der Waals surface area contributed by atoms with Crippen LogP contribution < -0.4 is 5.32 Å². The van der Waals surface area contributed by atoms with Gasteiger partial charge in [0.1, 0.15) is 5.02 Å². The van der Waals surface area contributed by atoms with Crippen molar-refractivity contribution in [2.75, 3.05) is 11.9 Å². The quantitative estimate of drug-likeness (QED) is 0.676. The zero-order valence-corrected chi connectivity index (χ0v) is 12.4. The van der Waals surface area contributed by atoms with Gasteiger partial charge in [-0.15, -0.1) is 0 Å². The van der Waals surface area contributed by atoms with E-state index in [1.165, 1.54) is 17.2 Å². The number of hydrogen-bond donors (Lipinski definition) is 1. The fraction of sp³-hybridized carbons (Fsp3) is 0.250. The average Bonchev–Trinajstić information content (AvgIpc) is 2.42. The molecule has 0 saturated heterocycles. The number of hydrogen-bond acceptors (Lipinski definition) is 3. The van der Waals surface area contributed by atoms with E-state index < -0.39 is 4.92 Å². The van der Waals surface area contributed by atoms with Gasteiger partial charge in [-0.1, -0.05) is 35.9 Å². The van der Waals surface area contributed by atoms with Crippen LogP contribution in [0.25, 0.3) is 0 Å². The molecule has 0 radical (unpaired) electrons. The van der Waals surface area contributed by atoms with Gasteiger partial charge in [-0.3, -0.25) is 10.1 Å². The van der Waals surface area contributed by atoms with Crippen LogP contribution in [0.15, 0.2) is 36.4 Å². The lowest BCUT2D eigenvalue weighted by atomic mass is 9.77. The molecule has 0 heterocycles. The predicted molar refractivity (Wildman–Crippen MR) is 84.2 cm³/mol. The summed E-state index contributed by atoms with van der Waals surface area (Å²) in [4.78, 5) is 10.4. The molecule has 0 bridgehead atoms. The monoisotopic (exact) mass is 302 g/mol. The number of nitrogens with zero attached hydrogens (tertiary/aromatic N) is 1. The second-order valence-corrected chi connectivity index (χ2v) is 5.76. The van der Waals surface area contributed by atoms with E-state index in [0.29, 0.717) is 5.92 Å². The summed E-state index contributed by atoms with van der Waals surface area (Å²) < 4.78 is 0. The van der Waals surface area contributed by atoms with E-state index in [1.54, 1.807) is 6.07 Å². The molecular weight excluding hydrogens is 288 g/mol. The molecule has 1 atom stereocenters. The third-order valence-corrected chi connectivity index (χ3v) is 4.29. The minimum atomic E-state index is -0.457. The van der Waals surface area contributed by atoms with E-state index in [9.17, 15) is 10.1 Å². The Kier molecular flexibility index (Phi) is 3.55. The molecule has 0 spiro atoms. The van der Waals surface area contributed by atoms with Crippen molar-refractivity contribution in [1.82, 2.24) is 0 Å². The van der Waals surface area contributed by atoms with E-state index in [0.717, 1.165) is 24.2 Å². The van der Waals surface area contributed by atoms with Gasteiger partial charge in [-0.2, -0.15) is 0 Å². The van der Waals surface area contributed by atoms with Crippen molar-refractivity contribution >= 4 is 23.0 Å². The van der Waals surface area contributed by atoms with Crippen molar-refractivity contribution in [3.63, 3.8) is 0 Å². The first-order chi connectivity index (χ1) is 10.1. The number of benzene rings is 2. The molecule has 21 heavy (non-hydrogen) atoms. The number of fused-ring (bicyclic) bond motifs is 1. The summed E-state index contributed by atoms with van der Waals surface area (Å²) in [5.41, 5.74) is 4.43. The number of rotatable bonds is 4. The van der Waals surface area contributed by atoms with Gasteiger partial charge < -0.3 is 5.32 Å². The standard InChI is InChI=1S/C16H15ClN2O2/c1-10-6-16(19(20)21)14(17)8-15(10)18-9-12-7-11-4-2-3-5-13(11)12/h2-6,8,12,18H,7,9H2,1H3. The van der Waals surface area contributed by atoms with Gasteiger partial charge in [0.25, 0.3) is 5.69 Å². The highest BCUT2D eigenvalue weighted by Crippen LogP contribution is 2.36. The third kappa shape index (κ3) is 2.59. The first-order valence-corrected chi connectivity index (χ1v) is 7.20. The van der Waals surface area contributed by atoms with Gasteiger partial charge in [-0.25, -0.2) is 0 Å². The minimum absolute atomic E-state index is 0.0475. The van der Waals surface area contributed by atoms with Crippen molar-refractivity contribution in [2.24, 2.45) is 0 Å². The normalized spacial score (nSPS) is 16.0. The van der Waals surface area contributed by atoms with Crippen LogP contribution in [0.5, 0.6) is 0 Å². The van der Waals surface area contributed by atoms with Crippen molar-refractivity contribution in [2.45, 2.75) is 19.3 Å². The molecule has 0 saturated carbocycles. The van der Waals surface area contributed by atoms with Crippen molar-refractivity contribution in [3.05, 3.63) is 68.2 Å². The minimum Gasteiger partial charge on any atom is -0.384 e. The molecule has 1 unspecified atom stereocenters. The van der Waals surface area contributed by atoms with E-state index in [4.69, 9.17) is 11.6 Å². The summed E-state index contributed by atoms with van der Waals surface area (Å²) in [5, 5.41) is 14.4. The molecule has 1 aliphatic rings. The number of aryl methyl sites for hydroxylation is 1. The summed E-state index contributed by atoms with van der Waals surface area (Å²) in [6, 6.07) is 11.6. The molecule has 0 amide bonds. The first kappa shape index (κ1) is 13.9. The third-order valence-electron chi connectivity index (χ3n) is 3.99. The van der Waals surface area contributed by atoms with Gasteiger partial charge in [0.15, 0.2) is 0 Å². The zero-order valence-electron chi connectivity index (χ0n) is 11.6. The lowest BCUT2D eigenvalue weighted by Gasteiger charge is -2.30. The lowest BCUT2D eigenvalue weighted by molar-refractivity contribution is -0.384. The van der Waals surface area contributed by atoms with Gasteiger partial charge in [0.05, 0.1) is 4.92 Å². The largest absolute Gasteiger partial charge is 0.384 e. The fourth-order valence-corrected chi connectivity index (χ4v) is 3.01.